The van der Waals surface area contributed by atoms with E-state index in [1.54, 1.807) is 0 Å². The number of hydrogen-bond acceptors (Lipinski definition) is 4. The van der Waals surface area contributed by atoms with Gasteiger partial charge in [-0.1, -0.05) is 6.07 Å². The maximum atomic E-state index is 13.1. The average Bonchev–Trinajstić information content (AvgIpc) is 3.39. The minimum Gasteiger partial charge on any atom is -0.454 e. The molecule has 3 bridgehead atoms. The van der Waals surface area contributed by atoms with E-state index in [2.05, 4.69) is 10.6 Å². The van der Waals surface area contributed by atoms with Crippen molar-refractivity contribution in [2.45, 2.75) is 64.0 Å². The predicted molar refractivity (Wildman–Crippen MR) is 123 cm³/mol. The van der Waals surface area contributed by atoms with Gasteiger partial charge in [-0.15, -0.1) is 0 Å². The smallest absolute Gasteiger partial charge is 0.317 e. The van der Waals surface area contributed by atoms with Crippen LogP contribution in [-0.2, 0) is 11.3 Å². The monoisotopic (exact) mass is 453 g/mol. The average molecular weight is 454 g/mol. The summed E-state index contributed by atoms with van der Waals surface area (Å²) in [6.07, 6.45) is 9.47. The van der Waals surface area contributed by atoms with Crippen LogP contribution in [0.1, 0.15) is 56.9 Å². The Morgan fingerprint density at radius 2 is 1.70 bits per heavy atom. The summed E-state index contributed by atoms with van der Waals surface area (Å²) in [5, 5.41) is 6.46. The van der Waals surface area contributed by atoms with Gasteiger partial charge in [0.25, 0.3) is 0 Å². The zero-order chi connectivity index (χ0) is 22.4. The summed E-state index contributed by atoms with van der Waals surface area (Å²) in [6, 6.07) is 6.03. The molecule has 0 spiro atoms. The predicted octanol–water partition coefficient (Wildman–Crippen LogP) is 3.67. The minimum absolute atomic E-state index is 0.0279. The van der Waals surface area contributed by atoms with Crippen LogP contribution in [0.5, 0.6) is 11.5 Å². The first-order valence-electron chi connectivity index (χ1n) is 12.8. The van der Waals surface area contributed by atoms with E-state index < -0.39 is 0 Å². The van der Waals surface area contributed by atoms with Gasteiger partial charge in [-0.2, -0.15) is 0 Å². The first kappa shape index (κ1) is 21.1. The van der Waals surface area contributed by atoms with Gasteiger partial charge in [0.2, 0.25) is 12.7 Å². The van der Waals surface area contributed by atoms with Gasteiger partial charge >= 0.3 is 6.03 Å². The van der Waals surface area contributed by atoms with Crippen LogP contribution >= 0.6 is 0 Å². The Balaban J connectivity index is 0.965. The van der Waals surface area contributed by atoms with E-state index in [1.807, 2.05) is 23.1 Å². The Hall–Kier alpha value is -2.44. The highest BCUT2D eigenvalue weighted by Crippen LogP contribution is 2.53. The molecule has 2 heterocycles. The maximum Gasteiger partial charge on any atom is 0.317 e. The molecule has 1 saturated heterocycles. The molecule has 3 saturated carbocycles. The van der Waals surface area contributed by atoms with Crippen LogP contribution < -0.4 is 20.1 Å². The fourth-order valence-electron chi connectivity index (χ4n) is 7.22. The van der Waals surface area contributed by atoms with Gasteiger partial charge in [0, 0.05) is 31.6 Å². The van der Waals surface area contributed by atoms with Crippen LogP contribution in [0.25, 0.3) is 0 Å². The van der Waals surface area contributed by atoms with Crippen molar-refractivity contribution in [1.82, 2.24) is 15.5 Å². The molecule has 5 atom stereocenters. The highest BCUT2D eigenvalue weighted by molar-refractivity contribution is 5.80. The Kier molecular flexibility index (Phi) is 5.59. The molecule has 6 rings (SSSR count). The number of benzene rings is 1. The lowest BCUT2D eigenvalue weighted by atomic mass is 9.77. The molecule has 3 amide bonds. The van der Waals surface area contributed by atoms with Crippen molar-refractivity contribution in [3.05, 3.63) is 23.8 Å². The van der Waals surface area contributed by atoms with Crippen molar-refractivity contribution >= 4 is 11.9 Å². The normalized spacial score (nSPS) is 32.5. The Morgan fingerprint density at radius 3 is 2.58 bits per heavy atom. The summed E-state index contributed by atoms with van der Waals surface area (Å²) < 4.78 is 10.7. The van der Waals surface area contributed by atoms with Crippen LogP contribution in [-0.4, -0.2) is 42.8 Å². The molecule has 7 heteroatoms. The summed E-state index contributed by atoms with van der Waals surface area (Å²) in [5.41, 5.74) is 0.979. The Morgan fingerprint density at radius 1 is 0.909 bits per heavy atom. The number of hydrogen-bond donors (Lipinski definition) is 2. The van der Waals surface area contributed by atoms with E-state index in [4.69, 9.17) is 9.47 Å². The first-order chi connectivity index (χ1) is 16.1. The molecule has 4 unspecified atom stereocenters. The second-order valence-electron chi connectivity index (χ2n) is 10.9. The van der Waals surface area contributed by atoms with Crippen molar-refractivity contribution in [2.24, 2.45) is 29.6 Å². The molecule has 7 nitrogen and oxygen atoms in total. The standard InChI is InChI=1S/C26H35N3O4/c30-25(28-22-3-2-19-9-17-10-20(19)13-21(22)11-17)18-5-7-29(8-6-18)26(31)27-14-16-1-4-23-24(12-16)33-15-32-23/h1,4,12,17-22H,2-3,5-11,13-15H2,(H,27,31)(H,28,30)/t17?,19-,20?,21?,22?/m1/s1. The lowest BCUT2D eigenvalue weighted by Gasteiger charge is -2.35. The molecule has 0 aromatic heterocycles. The third-order valence-corrected chi connectivity index (χ3v) is 8.96. The maximum absolute atomic E-state index is 13.1. The molecule has 33 heavy (non-hydrogen) atoms. The summed E-state index contributed by atoms with van der Waals surface area (Å²) >= 11 is 0. The fourth-order valence-corrected chi connectivity index (χ4v) is 7.22. The zero-order valence-corrected chi connectivity index (χ0v) is 19.3. The SMILES string of the molecule is O=C(NC1CC[C@@H]2CC3CC1CC2C3)C1CCN(C(=O)NCc2ccc3c(c2)OCO3)CC1. The third kappa shape index (κ3) is 4.26. The first-order valence-corrected chi connectivity index (χ1v) is 12.8. The topological polar surface area (TPSA) is 79.9 Å². The number of piperidine rings is 1. The summed E-state index contributed by atoms with van der Waals surface area (Å²) in [4.78, 5) is 27.5. The van der Waals surface area contributed by atoms with Crippen LogP contribution in [0.4, 0.5) is 4.79 Å². The van der Waals surface area contributed by atoms with Crippen molar-refractivity contribution in [3.63, 3.8) is 0 Å². The number of ether oxygens (including phenoxy) is 2. The lowest BCUT2D eigenvalue weighted by molar-refractivity contribution is -0.127. The molecule has 1 aromatic carbocycles. The van der Waals surface area contributed by atoms with E-state index in [-0.39, 0.29) is 24.6 Å². The van der Waals surface area contributed by atoms with E-state index in [0.717, 1.165) is 54.1 Å². The Labute approximate surface area is 195 Å². The second-order valence-corrected chi connectivity index (χ2v) is 10.9. The highest BCUT2D eigenvalue weighted by Gasteiger charge is 2.46. The van der Waals surface area contributed by atoms with Gasteiger partial charge in [0.05, 0.1) is 0 Å². The molecule has 1 aromatic rings. The van der Waals surface area contributed by atoms with E-state index >= 15 is 0 Å². The van der Waals surface area contributed by atoms with Gasteiger partial charge in [0.15, 0.2) is 11.5 Å². The number of carbonyl (C=O) groups is 2. The number of rotatable bonds is 4. The fraction of sp³-hybridized carbons (Fsp3) is 0.692. The van der Waals surface area contributed by atoms with Crippen LogP contribution in [0.3, 0.4) is 0 Å². The molecule has 4 fully saturated rings. The van der Waals surface area contributed by atoms with Gasteiger partial charge in [-0.25, -0.2) is 4.79 Å². The third-order valence-electron chi connectivity index (χ3n) is 8.96. The summed E-state index contributed by atoms with van der Waals surface area (Å²) in [7, 11) is 0. The number of urea groups is 1. The van der Waals surface area contributed by atoms with Gasteiger partial charge in [-0.05, 0) is 92.7 Å². The minimum atomic E-state index is -0.0669. The molecule has 3 aliphatic carbocycles. The number of nitrogens with one attached hydrogen (secondary N) is 2. The quantitative estimate of drug-likeness (QED) is 0.729. The lowest BCUT2D eigenvalue weighted by Crippen LogP contribution is -2.49. The molecule has 178 valence electrons. The van der Waals surface area contributed by atoms with Crippen LogP contribution in [0, 0.1) is 29.6 Å². The van der Waals surface area contributed by atoms with Gasteiger partial charge in [0.1, 0.15) is 0 Å². The van der Waals surface area contributed by atoms with E-state index in [1.165, 1.54) is 32.1 Å². The van der Waals surface area contributed by atoms with Crippen molar-refractivity contribution < 1.29 is 19.1 Å². The number of likely N-dealkylation sites (tertiary alicyclic amines) is 1. The molecule has 2 N–H and O–H groups in total. The van der Waals surface area contributed by atoms with Crippen LogP contribution in [0.15, 0.2) is 18.2 Å². The molecule has 5 aliphatic rings. The highest BCUT2D eigenvalue weighted by atomic mass is 16.7. The second kappa shape index (κ2) is 8.73. The summed E-state index contributed by atoms with van der Waals surface area (Å²) in [6.45, 7) is 1.95. The van der Waals surface area contributed by atoms with E-state index in [9.17, 15) is 9.59 Å². The van der Waals surface area contributed by atoms with Crippen LogP contribution in [0.2, 0.25) is 0 Å². The van der Waals surface area contributed by atoms with E-state index in [0.29, 0.717) is 31.6 Å². The number of nitrogens with zero attached hydrogens (tertiary/aromatic N) is 1. The Bertz CT molecular complexity index is 913. The van der Waals surface area contributed by atoms with Crippen molar-refractivity contribution in [1.29, 1.82) is 0 Å². The number of fused-ring (bicyclic) bond motifs is 3. The van der Waals surface area contributed by atoms with Gasteiger partial charge in [-0.3, -0.25) is 4.79 Å². The number of amides is 3. The van der Waals surface area contributed by atoms with Crippen molar-refractivity contribution in [2.75, 3.05) is 19.9 Å². The van der Waals surface area contributed by atoms with Crippen molar-refractivity contribution in [3.8, 4) is 11.5 Å². The molecule has 0 radical (unpaired) electrons. The van der Waals surface area contributed by atoms with Gasteiger partial charge < -0.3 is 25.0 Å². The molecular weight excluding hydrogens is 418 g/mol. The molecular formula is C26H35N3O4. The summed E-state index contributed by atoms with van der Waals surface area (Å²) in [5.74, 6) is 5.16. The zero-order valence-electron chi connectivity index (χ0n) is 19.3. The molecule has 2 aliphatic heterocycles. The largest absolute Gasteiger partial charge is 0.454 e. The number of carbonyl (C=O) groups excluding carboxylic acids is 2.